The van der Waals surface area contributed by atoms with Gasteiger partial charge in [-0.3, -0.25) is 0 Å². The van der Waals surface area contributed by atoms with Gasteiger partial charge < -0.3 is 10.5 Å². The Balaban J connectivity index is 3.07. The molecule has 6 heteroatoms. The van der Waals surface area contributed by atoms with Crippen molar-refractivity contribution in [3.8, 4) is 0 Å². The summed E-state index contributed by atoms with van der Waals surface area (Å²) in [6.45, 7) is 5.54. The van der Waals surface area contributed by atoms with E-state index in [0.29, 0.717) is 17.9 Å². The van der Waals surface area contributed by atoms with Gasteiger partial charge in [0.15, 0.2) is 0 Å². The Morgan fingerprint density at radius 3 is 2.50 bits per heavy atom. The third-order valence-corrected chi connectivity index (χ3v) is 4.26. The number of aryl methyl sites for hydroxylation is 1. The average Bonchev–Trinajstić information content (AvgIpc) is 2.14. The van der Waals surface area contributed by atoms with Crippen LogP contribution in [0, 0.1) is 6.92 Å². The van der Waals surface area contributed by atoms with Crippen LogP contribution in [0.3, 0.4) is 0 Å². The first-order valence-corrected chi connectivity index (χ1v) is 7.05. The molecule has 0 spiro atoms. The normalized spacial score (nSPS) is 12.7. The van der Waals surface area contributed by atoms with Crippen LogP contribution in [0.15, 0.2) is 23.1 Å². The van der Waals surface area contributed by atoms with E-state index in [4.69, 9.17) is 10.5 Å². The Bertz CT molecular complexity index is 524. The Hall–Kier alpha value is -1.11. The zero-order valence-electron chi connectivity index (χ0n) is 11.1. The number of anilines is 1. The molecule has 1 rings (SSSR count). The molecule has 0 heterocycles. The van der Waals surface area contributed by atoms with Crippen LogP contribution in [0.5, 0.6) is 0 Å². The summed E-state index contributed by atoms with van der Waals surface area (Å²) in [7, 11) is -2.04. The van der Waals surface area contributed by atoms with E-state index in [0.717, 1.165) is 0 Å². The van der Waals surface area contributed by atoms with Crippen molar-refractivity contribution in [2.45, 2.75) is 31.2 Å². The van der Waals surface area contributed by atoms with Gasteiger partial charge in [-0.25, -0.2) is 13.1 Å². The van der Waals surface area contributed by atoms with Gasteiger partial charge in [0.1, 0.15) is 0 Å². The Morgan fingerprint density at radius 1 is 1.39 bits per heavy atom. The van der Waals surface area contributed by atoms with Crippen LogP contribution >= 0.6 is 0 Å². The molecule has 0 bridgehead atoms. The van der Waals surface area contributed by atoms with Gasteiger partial charge in [-0.15, -0.1) is 0 Å². The first-order chi connectivity index (χ1) is 8.18. The van der Waals surface area contributed by atoms with Gasteiger partial charge in [-0.05, 0) is 44.5 Å². The molecular weight excluding hydrogens is 252 g/mol. The molecule has 0 fully saturated rings. The molecule has 0 saturated carbocycles. The van der Waals surface area contributed by atoms with Gasteiger partial charge in [-0.2, -0.15) is 0 Å². The fourth-order valence-corrected chi connectivity index (χ4v) is 3.41. The molecule has 0 atom stereocenters. The minimum absolute atomic E-state index is 0.237. The van der Waals surface area contributed by atoms with E-state index in [2.05, 4.69) is 4.72 Å². The van der Waals surface area contributed by atoms with Crippen molar-refractivity contribution in [1.82, 2.24) is 4.72 Å². The quantitative estimate of drug-likeness (QED) is 0.791. The molecule has 1 aromatic carbocycles. The number of hydrogen-bond donors (Lipinski definition) is 2. The summed E-state index contributed by atoms with van der Waals surface area (Å²) in [5.41, 5.74) is 6.11. The number of nitrogens with one attached hydrogen (secondary N) is 1. The van der Waals surface area contributed by atoms with Gasteiger partial charge >= 0.3 is 0 Å². The van der Waals surface area contributed by atoms with E-state index in [1.165, 1.54) is 13.2 Å². The Labute approximate surface area is 108 Å². The number of hydrogen-bond acceptors (Lipinski definition) is 4. The molecule has 0 aliphatic carbocycles. The summed E-state index contributed by atoms with van der Waals surface area (Å²) in [6.07, 6.45) is 0. The largest absolute Gasteiger partial charge is 0.399 e. The van der Waals surface area contributed by atoms with Crippen molar-refractivity contribution in [3.05, 3.63) is 23.8 Å². The molecule has 0 radical (unpaired) electrons. The minimum atomic E-state index is -3.57. The van der Waals surface area contributed by atoms with Crippen molar-refractivity contribution in [2.75, 3.05) is 19.5 Å². The molecule has 5 nitrogen and oxygen atoms in total. The third kappa shape index (κ3) is 3.69. The molecule has 0 amide bonds. The summed E-state index contributed by atoms with van der Waals surface area (Å²) < 4.78 is 32.1. The maximum atomic E-state index is 12.2. The highest BCUT2D eigenvalue weighted by molar-refractivity contribution is 7.89. The lowest BCUT2D eigenvalue weighted by molar-refractivity contribution is 0.141. The minimum Gasteiger partial charge on any atom is -0.399 e. The van der Waals surface area contributed by atoms with E-state index >= 15 is 0 Å². The Kier molecular flexibility index (Phi) is 4.37. The summed E-state index contributed by atoms with van der Waals surface area (Å²) in [6, 6.07) is 4.72. The number of rotatable bonds is 5. The number of ether oxygens (including phenoxy) is 1. The van der Waals surface area contributed by atoms with E-state index in [1.54, 1.807) is 32.9 Å². The average molecular weight is 272 g/mol. The van der Waals surface area contributed by atoms with Crippen LogP contribution in [0.4, 0.5) is 5.69 Å². The van der Waals surface area contributed by atoms with E-state index in [1.807, 2.05) is 0 Å². The fourth-order valence-electron chi connectivity index (χ4n) is 1.78. The summed E-state index contributed by atoms with van der Waals surface area (Å²) in [5, 5.41) is 0. The van der Waals surface area contributed by atoms with Crippen LogP contribution < -0.4 is 10.5 Å². The van der Waals surface area contributed by atoms with Gasteiger partial charge in [0.2, 0.25) is 10.0 Å². The highest BCUT2D eigenvalue weighted by atomic mass is 32.2. The maximum Gasteiger partial charge on any atom is 0.241 e. The second-order valence-corrected chi connectivity index (χ2v) is 6.60. The SMILES string of the molecule is COCC(C)(C)NS(=O)(=O)c1ccc(N)cc1C. The number of benzene rings is 1. The molecule has 0 aliphatic rings. The first kappa shape index (κ1) is 14.9. The lowest BCUT2D eigenvalue weighted by atomic mass is 10.1. The summed E-state index contributed by atoms with van der Waals surface area (Å²) in [5.74, 6) is 0. The van der Waals surface area contributed by atoms with Crippen molar-refractivity contribution in [2.24, 2.45) is 0 Å². The Morgan fingerprint density at radius 2 is 2.00 bits per heavy atom. The number of nitrogens with two attached hydrogens (primary N) is 1. The van der Waals surface area contributed by atoms with Gasteiger partial charge in [-0.1, -0.05) is 0 Å². The molecule has 0 aromatic heterocycles. The van der Waals surface area contributed by atoms with Gasteiger partial charge in [0.25, 0.3) is 0 Å². The fraction of sp³-hybridized carbons (Fsp3) is 0.500. The van der Waals surface area contributed by atoms with Crippen LogP contribution in [0.2, 0.25) is 0 Å². The molecule has 0 aliphatic heterocycles. The molecule has 3 N–H and O–H groups in total. The van der Waals surface area contributed by atoms with Crippen molar-refractivity contribution in [1.29, 1.82) is 0 Å². The van der Waals surface area contributed by atoms with Gasteiger partial charge in [0.05, 0.1) is 17.0 Å². The topological polar surface area (TPSA) is 81.4 Å². The highest BCUT2D eigenvalue weighted by Gasteiger charge is 2.27. The van der Waals surface area contributed by atoms with Crippen LogP contribution in [0.1, 0.15) is 19.4 Å². The van der Waals surface area contributed by atoms with Crippen LogP contribution in [-0.2, 0) is 14.8 Å². The van der Waals surface area contributed by atoms with E-state index in [9.17, 15) is 8.42 Å². The second kappa shape index (κ2) is 5.26. The van der Waals surface area contributed by atoms with Crippen molar-refractivity contribution < 1.29 is 13.2 Å². The second-order valence-electron chi connectivity index (χ2n) is 4.95. The van der Waals surface area contributed by atoms with E-state index in [-0.39, 0.29) is 4.90 Å². The van der Waals surface area contributed by atoms with Crippen molar-refractivity contribution in [3.63, 3.8) is 0 Å². The standard InChI is InChI=1S/C12H20N2O3S/c1-9-7-10(13)5-6-11(9)18(15,16)14-12(2,3)8-17-4/h5-7,14H,8,13H2,1-4H3. The molecule has 18 heavy (non-hydrogen) atoms. The predicted molar refractivity (Wildman–Crippen MR) is 71.9 cm³/mol. The van der Waals surface area contributed by atoms with Gasteiger partial charge in [0, 0.05) is 12.8 Å². The van der Waals surface area contributed by atoms with E-state index < -0.39 is 15.6 Å². The zero-order valence-corrected chi connectivity index (χ0v) is 12.0. The summed E-state index contributed by atoms with van der Waals surface area (Å²) >= 11 is 0. The van der Waals surface area contributed by atoms with Crippen molar-refractivity contribution >= 4 is 15.7 Å². The molecule has 1 aromatic rings. The summed E-state index contributed by atoms with van der Waals surface area (Å²) in [4.78, 5) is 0.237. The monoisotopic (exact) mass is 272 g/mol. The lowest BCUT2D eigenvalue weighted by Crippen LogP contribution is -2.46. The highest BCUT2D eigenvalue weighted by Crippen LogP contribution is 2.19. The zero-order chi connectivity index (χ0) is 14.0. The maximum absolute atomic E-state index is 12.2. The number of nitrogen functional groups attached to an aromatic ring is 1. The smallest absolute Gasteiger partial charge is 0.241 e. The number of methoxy groups -OCH3 is 1. The first-order valence-electron chi connectivity index (χ1n) is 5.57. The molecule has 102 valence electrons. The molecule has 0 saturated heterocycles. The molecular formula is C12H20N2O3S. The van der Waals surface area contributed by atoms with Crippen LogP contribution in [0.25, 0.3) is 0 Å². The predicted octanol–water partition coefficient (Wildman–Crippen LogP) is 1.28. The third-order valence-electron chi connectivity index (χ3n) is 2.40. The molecule has 0 unspecified atom stereocenters. The lowest BCUT2D eigenvalue weighted by Gasteiger charge is -2.25. The van der Waals surface area contributed by atoms with Crippen LogP contribution in [-0.4, -0.2) is 27.7 Å². The number of sulfonamides is 1.